The summed E-state index contributed by atoms with van der Waals surface area (Å²) in [6.07, 6.45) is 5.03. The van der Waals surface area contributed by atoms with Gasteiger partial charge in [0.15, 0.2) is 0 Å². The first-order valence-corrected chi connectivity index (χ1v) is 5.04. The largest absolute Gasteiger partial charge is 0.313 e. The Bertz CT molecular complexity index is 240. The normalized spacial score (nSPS) is 63.2. The molecule has 2 nitrogen and oxygen atoms in total. The number of hydrogen-bond acceptors (Lipinski definition) is 2. The van der Waals surface area contributed by atoms with Gasteiger partial charge in [-0.2, -0.15) is 5.06 Å². The molecule has 0 aromatic carbocycles. The lowest BCUT2D eigenvalue weighted by atomic mass is 9.78. The second kappa shape index (κ2) is 1.73. The van der Waals surface area contributed by atoms with Gasteiger partial charge < -0.3 is 5.21 Å². The van der Waals surface area contributed by atoms with Gasteiger partial charge in [0.2, 0.25) is 0 Å². The van der Waals surface area contributed by atoms with Gasteiger partial charge in [0.1, 0.15) is 0 Å². The number of piperidine rings is 1. The molecule has 4 aliphatic rings. The summed E-state index contributed by atoms with van der Waals surface area (Å²) in [4.78, 5) is 0. The van der Waals surface area contributed by atoms with Crippen molar-refractivity contribution in [2.45, 2.75) is 50.6 Å². The van der Waals surface area contributed by atoms with Gasteiger partial charge in [-0.1, -0.05) is 0 Å². The Balaban J connectivity index is 2.10. The molecule has 4 bridgehead atoms. The van der Waals surface area contributed by atoms with Gasteiger partial charge in [0, 0.05) is 11.1 Å². The summed E-state index contributed by atoms with van der Waals surface area (Å²) >= 11 is 0. The maximum atomic E-state index is 10.1. The third-order valence-electron chi connectivity index (χ3n) is 4.61. The minimum Gasteiger partial charge on any atom is -0.313 e. The first kappa shape index (κ1) is 7.34. The molecule has 68 valence electrons. The fraction of sp³-hybridized carbons (Fsp3) is 1.00. The standard InChI is InChI=1S/C10H17NO/c1-9-4-7-3-8(6-9)10(2,5-7)11(9)12/h7-8,12H,3-6H2,1-2H3/t7-,8+,9-,10+/m1/s1. The van der Waals surface area contributed by atoms with Crippen molar-refractivity contribution in [3.05, 3.63) is 0 Å². The summed E-state index contributed by atoms with van der Waals surface area (Å²) in [6.45, 7) is 4.46. The van der Waals surface area contributed by atoms with Crippen molar-refractivity contribution < 1.29 is 5.21 Å². The van der Waals surface area contributed by atoms with Crippen LogP contribution in [0.15, 0.2) is 0 Å². The second-order valence-electron chi connectivity index (χ2n) is 5.58. The topological polar surface area (TPSA) is 23.5 Å². The molecule has 0 aromatic rings. The molecule has 2 heterocycles. The predicted molar refractivity (Wildman–Crippen MR) is 45.9 cm³/mol. The van der Waals surface area contributed by atoms with E-state index in [2.05, 4.69) is 13.8 Å². The number of nitrogens with zero attached hydrogens (tertiary/aromatic N) is 1. The molecule has 2 saturated carbocycles. The van der Waals surface area contributed by atoms with Crippen LogP contribution in [0.25, 0.3) is 0 Å². The van der Waals surface area contributed by atoms with Gasteiger partial charge in [-0.15, -0.1) is 0 Å². The Kier molecular flexibility index (Phi) is 1.06. The lowest BCUT2D eigenvalue weighted by Crippen LogP contribution is -2.53. The van der Waals surface area contributed by atoms with Gasteiger partial charge in [0.05, 0.1) is 0 Å². The van der Waals surface area contributed by atoms with Crippen LogP contribution in [-0.2, 0) is 0 Å². The zero-order valence-corrected chi connectivity index (χ0v) is 7.88. The Morgan fingerprint density at radius 2 is 2.00 bits per heavy atom. The smallest absolute Gasteiger partial charge is 0.0470 e. The number of hydroxylamine groups is 2. The SMILES string of the molecule is C[C@@]12C[C@H]3C[C@@H](C1)[C@](C)(C3)N2O. The summed E-state index contributed by atoms with van der Waals surface area (Å²) in [5, 5.41) is 11.7. The van der Waals surface area contributed by atoms with Crippen molar-refractivity contribution in [3.8, 4) is 0 Å². The van der Waals surface area contributed by atoms with E-state index < -0.39 is 0 Å². The fourth-order valence-electron chi connectivity index (χ4n) is 4.23. The zero-order chi connectivity index (χ0) is 8.56. The summed E-state index contributed by atoms with van der Waals surface area (Å²) in [5.41, 5.74) is 0.262. The van der Waals surface area contributed by atoms with Gasteiger partial charge in [-0.05, 0) is 51.4 Å². The number of rotatable bonds is 0. The van der Waals surface area contributed by atoms with Crippen LogP contribution in [0, 0.1) is 11.8 Å². The molecule has 0 spiro atoms. The van der Waals surface area contributed by atoms with E-state index in [4.69, 9.17) is 0 Å². The highest BCUT2D eigenvalue weighted by molar-refractivity contribution is 5.16. The summed E-state index contributed by atoms with van der Waals surface area (Å²) in [7, 11) is 0. The molecule has 4 atom stereocenters. The molecule has 4 fully saturated rings. The molecule has 4 rings (SSSR count). The minimum atomic E-state index is 0.126. The Morgan fingerprint density at radius 3 is 2.58 bits per heavy atom. The van der Waals surface area contributed by atoms with E-state index in [-0.39, 0.29) is 11.1 Å². The van der Waals surface area contributed by atoms with E-state index in [1.807, 2.05) is 0 Å². The van der Waals surface area contributed by atoms with Crippen LogP contribution in [0.2, 0.25) is 0 Å². The van der Waals surface area contributed by atoms with E-state index in [1.54, 1.807) is 5.06 Å². The lowest BCUT2D eigenvalue weighted by molar-refractivity contribution is -0.222. The zero-order valence-electron chi connectivity index (χ0n) is 7.88. The predicted octanol–water partition coefficient (Wildman–Crippen LogP) is 2.03. The molecule has 0 aromatic heterocycles. The molecule has 2 aliphatic carbocycles. The first-order chi connectivity index (χ1) is 5.55. The molecule has 0 unspecified atom stereocenters. The molecule has 1 N–H and O–H groups in total. The Morgan fingerprint density at radius 1 is 1.25 bits per heavy atom. The third-order valence-corrected chi connectivity index (χ3v) is 4.61. The Labute approximate surface area is 73.5 Å². The molecule has 2 saturated heterocycles. The molecule has 0 radical (unpaired) electrons. The van der Waals surface area contributed by atoms with Crippen LogP contribution < -0.4 is 0 Å². The van der Waals surface area contributed by atoms with Crippen molar-refractivity contribution in [1.29, 1.82) is 0 Å². The van der Waals surface area contributed by atoms with Crippen molar-refractivity contribution in [1.82, 2.24) is 5.06 Å². The highest BCUT2D eigenvalue weighted by Crippen LogP contribution is 2.62. The number of hydrogen-bond donors (Lipinski definition) is 1. The Hall–Kier alpha value is -0.0800. The van der Waals surface area contributed by atoms with Crippen LogP contribution in [0.4, 0.5) is 0 Å². The van der Waals surface area contributed by atoms with Crippen LogP contribution in [0.3, 0.4) is 0 Å². The van der Waals surface area contributed by atoms with Crippen LogP contribution in [-0.4, -0.2) is 21.3 Å². The van der Waals surface area contributed by atoms with Crippen molar-refractivity contribution in [2.75, 3.05) is 0 Å². The van der Waals surface area contributed by atoms with Gasteiger partial charge in [-0.3, -0.25) is 0 Å². The average molecular weight is 167 g/mol. The summed E-state index contributed by atoms with van der Waals surface area (Å²) in [5.74, 6) is 1.67. The van der Waals surface area contributed by atoms with Crippen molar-refractivity contribution in [3.63, 3.8) is 0 Å². The molecular formula is C10H17NO. The molecule has 2 aliphatic heterocycles. The van der Waals surface area contributed by atoms with Gasteiger partial charge in [0.25, 0.3) is 0 Å². The van der Waals surface area contributed by atoms with Crippen LogP contribution >= 0.6 is 0 Å². The monoisotopic (exact) mass is 167 g/mol. The summed E-state index contributed by atoms with van der Waals surface area (Å²) in [6, 6.07) is 0. The lowest BCUT2D eigenvalue weighted by Gasteiger charge is -2.44. The van der Waals surface area contributed by atoms with E-state index in [0.717, 1.165) is 11.8 Å². The molecule has 0 amide bonds. The first-order valence-electron chi connectivity index (χ1n) is 5.04. The van der Waals surface area contributed by atoms with Crippen molar-refractivity contribution in [2.24, 2.45) is 11.8 Å². The van der Waals surface area contributed by atoms with E-state index in [1.165, 1.54) is 25.7 Å². The van der Waals surface area contributed by atoms with Crippen LogP contribution in [0.1, 0.15) is 39.5 Å². The van der Waals surface area contributed by atoms with E-state index >= 15 is 0 Å². The van der Waals surface area contributed by atoms with E-state index in [0.29, 0.717) is 0 Å². The van der Waals surface area contributed by atoms with Gasteiger partial charge >= 0.3 is 0 Å². The average Bonchev–Trinajstić information content (AvgIpc) is 2.27. The second-order valence-corrected chi connectivity index (χ2v) is 5.58. The van der Waals surface area contributed by atoms with Crippen LogP contribution in [0.5, 0.6) is 0 Å². The summed E-state index contributed by atoms with van der Waals surface area (Å²) < 4.78 is 0. The fourth-order valence-corrected chi connectivity index (χ4v) is 4.23. The van der Waals surface area contributed by atoms with E-state index in [9.17, 15) is 5.21 Å². The minimum absolute atomic E-state index is 0.126. The quantitative estimate of drug-likeness (QED) is 0.596. The third kappa shape index (κ3) is 0.579. The highest BCUT2D eigenvalue weighted by Gasteiger charge is 2.64. The maximum Gasteiger partial charge on any atom is 0.0470 e. The van der Waals surface area contributed by atoms with Crippen molar-refractivity contribution >= 4 is 0 Å². The molecule has 12 heavy (non-hydrogen) atoms. The maximum absolute atomic E-state index is 10.1. The highest BCUT2D eigenvalue weighted by atomic mass is 16.5. The molecular weight excluding hydrogens is 150 g/mol. The van der Waals surface area contributed by atoms with Gasteiger partial charge in [-0.25, -0.2) is 0 Å². The molecule has 2 heteroatoms.